The van der Waals surface area contributed by atoms with E-state index in [2.05, 4.69) is 13.2 Å². The topological polar surface area (TPSA) is 55.8 Å². The molecule has 1 N–H and O–H groups in total. The van der Waals surface area contributed by atoms with Gasteiger partial charge in [-0.3, -0.25) is 0 Å². The van der Waals surface area contributed by atoms with Crippen LogP contribution in [0.1, 0.15) is 52.0 Å². The maximum atomic E-state index is 12.0. The minimum absolute atomic E-state index is 0.0563. The lowest BCUT2D eigenvalue weighted by molar-refractivity contribution is -0.144. The van der Waals surface area contributed by atoms with Gasteiger partial charge in [-0.05, 0) is 82.2 Å². The molecule has 1 aromatic carbocycles. The van der Waals surface area contributed by atoms with Crippen molar-refractivity contribution in [2.75, 3.05) is 0 Å². The molecule has 4 heteroatoms. The van der Waals surface area contributed by atoms with Gasteiger partial charge in [-0.1, -0.05) is 36.9 Å². The van der Waals surface area contributed by atoms with Gasteiger partial charge in [-0.15, -0.1) is 0 Å². The van der Waals surface area contributed by atoms with Crippen molar-refractivity contribution in [3.05, 3.63) is 72.5 Å². The number of hydrogen-bond acceptors (Lipinski definition) is 4. The third-order valence-electron chi connectivity index (χ3n) is 4.71. The number of carbonyl (C=O) groups excluding carboxylic acids is 1. The summed E-state index contributed by atoms with van der Waals surface area (Å²) in [6, 6.07) is 6.64. The molecule has 0 radical (unpaired) electrons. The Labute approximate surface area is 174 Å². The smallest absolute Gasteiger partial charge is 0.331 e. The van der Waals surface area contributed by atoms with E-state index in [0.29, 0.717) is 11.7 Å². The van der Waals surface area contributed by atoms with E-state index >= 15 is 0 Å². The van der Waals surface area contributed by atoms with Crippen molar-refractivity contribution in [2.45, 2.75) is 58.2 Å². The van der Waals surface area contributed by atoms with E-state index in [0.717, 1.165) is 36.8 Å². The molecule has 1 aromatic rings. The molecule has 156 valence electrons. The first-order chi connectivity index (χ1) is 13.6. The Morgan fingerprint density at radius 2 is 1.66 bits per heavy atom. The molecular weight excluding hydrogens is 364 g/mol. The summed E-state index contributed by atoms with van der Waals surface area (Å²) < 4.78 is 11.3. The lowest BCUT2D eigenvalue weighted by Crippen LogP contribution is -2.24. The van der Waals surface area contributed by atoms with Crippen LogP contribution >= 0.6 is 0 Å². The number of phenolic OH excluding ortho intramolecular Hbond substituents is 1. The maximum Gasteiger partial charge on any atom is 0.331 e. The van der Waals surface area contributed by atoms with Crippen LogP contribution in [0.5, 0.6) is 5.75 Å². The van der Waals surface area contributed by atoms with E-state index in [-0.39, 0.29) is 23.4 Å². The number of rotatable bonds is 7. The fourth-order valence-electron chi connectivity index (χ4n) is 3.27. The second-order valence-corrected chi connectivity index (χ2v) is 8.42. The summed E-state index contributed by atoms with van der Waals surface area (Å²) in [4.78, 5) is 12.0. The van der Waals surface area contributed by atoms with E-state index in [4.69, 9.17) is 9.47 Å². The Balaban J connectivity index is 1.75. The van der Waals surface area contributed by atoms with Crippen molar-refractivity contribution >= 4 is 12.0 Å². The van der Waals surface area contributed by atoms with Crippen LogP contribution in [-0.4, -0.2) is 22.8 Å². The van der Waals surface area contributed by atoms with Gasteiger partial charge in [0.05, 0.1) is 0 Å². The monoisotopic (exact) mass is 396 g/mol. The lowest BCUT2D eigenvalue weighted by Gasteiger charge is -2.28. The number of aromatic hydroxyl groups is 1. The Kier molecular flexibility index (Phi) is 7.89. The molecule has 1 aliphatic rings. The van der Waals surface area contributed by atoms with E-state index in [1.165, 1.54) is 6.08 Å². The molecule has 0 bridgehead atoms. The average molecular weight is 397 g/mol. The van der Waals surface area contributed by atoms with Crippen molar-refractivity contribution in [2.24, 2.45) is 5.92 Å². The summed E-state index contributed by atoms with van der Waals surface area (Å²) in [5.41, 5.74) is 1.63. The highest BCUT2D eigenvalue weighted by atomic mass is 16.5. The van der Waals surface area contributed by atoms with E-state index < -0.39 is 0 Å². The van der Waals surface area contributed by atoms with Crippen LogP contribution in [0.4, 0.5) is 0 Å². The zero-order valence-electron chi connectivity index (χ0n) is 17.7. The SMILES string of the molecule is C=C(/C=C\C(=C)C1CCC(OC(=O)/C=C/c2ccc(O)cc2)CC1)OC(C)(C)C. The highest BCUT2D eigenvalue weighted by Gasteiger charge is 2.24. The van der Waals surface area contributed by atoms with E-state index in [9.17, 15) is 9.90 Å². The van der Waals surface area contributed by atoms with Crippen LogP contribution in [0.3, 0.4) is 0 Å². The fraction of sp³-hybridized carbons (Fsp3) is 0.400. The summed E-state index contributed by atoms with van der Waals surface area (Å²) in [6.45, 7) is 14.1. The molecule has 0 spiro atoms. The van der Waals surface area contributed by atoms with Crippen LogP contribution in [0.25, 0.3) is 6.08 Å². The zero-order valence-corrected chi connectivity index (χ0v) is 17.7. The Hall–Kier alpha value is -2.75. The zero-order chi connectivity index (χ0) is 21.4. The predicted octanol–water partition coefficient (Wildman–Crippen LogP) is 5.95. The summed E-state index contributed by atoms with van der Waals surface area (Å²) >= 11 is 0. The van der Waals surface area contributed by atoms with Crippen molar-refractivity contribution < 1.29 is 19.4 Å². The molecule has 0 saturated heterocycles. The molecule has 2 rings (SSSR count). The fourth-order valence-corrected chi connectivity index (χ4v) is 3.27. The average Bonchev–Trinajstić information content (AvgIpc) is 2.65. The third-order valence-corrected chi connectivity index (χ3v) is 4.71. The summed E-state index contributed by atoms with van der Waals surface area (Å²) in [5.74, 6) is 0.873. The number of benzene rings is 1. The van der Waals surface area contributed by atoms with E-state index in [1.807, 2.05) is 32.9 Å². The van der Waals surface area contributed by atoms with E-state index in [1.54, 1.807) is 30.3 Å². The van der Waals surface area contributed by atoms with Crippen molar-refractivity contribution in [3.63, 3.8) is 0 Å². The quantitative estimate of drug-likeness (QED) is 0.268. The molecule has 0 amide bonds. The molecule has 1 fully saturated rings. The van der Waals surface area contributed by atoms with Crippen LogP contribution < -0.4 is 0 Å². The second-order valence-electron chi connectivity index (χ2n) is 8.42. The normalized spacial score (nSPS) is 20.0. The molecule has 0 unspecified atom stereocenters. The van der Waals surface area contributed by atoms with Gasteiger partial charge in [0.1, 0.15) is 23.2 Å². The molecule has 29 heavy (non-hydrogen) atoms. The van der Waals surface area contributed by atoms with Crippen LogP contribution in [-0.2, 0) is 14.3 Å². The van der Waals surface area contributed by atoms with Crippen molar-refractivity contribution in [1.29, 1.82) is 0 Å². The first kappa shape index (κ1) is 22.5. The number of esters is 1. The number of allylic oxidation sites excluding steroid dienone is 3. The maximum absolute atomic E-state index is 12.0. The van der Waals surface area contributed by atoms with Gasteiger partial charge >= 0.3 is 5.97 Å². The number of carbonyl (C=O) groups is 1. The van der Waals surface area contributed by atoms with Gasteiger partial charge < -0.3 is 14.6 Å². The van der Waals surface area contributed by atoms with Crippen LogP contribution in [0.15, 0.2) is 67.0 Å². The lowest BCUT2D eigenvalue weighted by atomic mass is 9.83. The van der Waals surface area contributed by atoms with Gasteiger partial charge in [-0.2, -0.15) is 0 Å². The summed E-state index contributed by atoms with van der Waals surface area (Å²) in [5, 5.41) is 9.28. The highest BCUT2D eigenvalue weighted by molar-refractivity contribution is 5.87. The van der Waals surface area contributed by atoms with Gasteiger partial charge in [0.15, 0.2) is 0 Å². The Morgan fingerprint density at radius 1 is 1.03 bits per heavy atom. The summed E-state index contributed by atoms with van der Waals surface area (Å²) in [7, 11) is 0. The third kappa shape index (κ3) is 8.43. The Bertz CT molecular complexity index is 770. The molecule has 0 aliphatic heterocycles. The van der Waals surface area contributed by atoms with Gasteiger partial charge in [0.25, 0.3) is 0 Å². The minimum Gasteiger partial charge on any atom is -0.508 e. The van der Waals surface area contributed by atoms with Crippen molar-refractivity contribution in [1.82, 2.24) is 0 Å². The predicted molar refractivity (Wildman–Crippen MR) is 117 cm³/mol. The van der Waals surface area contributed by atoms with Crippen molar-refractivity contribution in [3.8, 4) is 5.75 Å². The van der Waals surface area contributed by atoms with Crippen LogP contribution in [0.2, 0.25) is 0 Å². The molecule has 0 atom stereocenters. The molecule has 4 nitrogen and oxygen atoms in total. The van der Waals surface area contributed by atoms with Crippen LogP contribution in [0, 0.1) is 5.92 Å². The molecule has 0 heterocycles. The molecule has 1 saturated carbocycles. The van der Waals surface area contributed by atoms with Gasteiger partial charge in [-0.25, -0.2) is 4.79 Å². The number of phenols is 1. The van der Waals surface area contributed by atoms with Gasteiger partial charge in [0, 0.05) is 6.08 Å². The minimum atomic E-state index is -0.337. The number of ether oxygens (including phenoxy) is 2. The molecule has 0 aromatic heterocycles. The second kappa shape index (κ2) is 10.1. The molecular formula is C25H32O4. The highest BCUT2D eigenvalue weighted by Crippen LogP contribution is 2.31. The summed E-state index contributed by atoms with van der Waals surface area (Å²) in [6.07, 6.45) is 10.4. The molecule has 1 aliphatic carbocycles. The first-order valence-electron chi connectivity index (χ1n) is 10.0. The number of hydrogen-bond donors (Lipinski definition) is 1. The standard InChI is InChI=1S/C25H32O4/c1-18(6-7-19(2)29-25(3,4)5)21-11-15-23(16-12-21)28-24(27)17-10-20-8-13-22(26)14-9-20/h6-10,13-14,17,21,23,26H,1-2,11-12,15-16H2,3-5H3/b7-6-,17-10+. The van der Waals surface area contributed by atoms with Gasteiger partial charge in [0.2, 0.25) is 0 Å². The Morgan fingerprint density at radius 3 is 2.24 bits per heavy atom. The largest absolute Gasteiger partial charge is 0.508 e. The first-order valence-corrected chi connectivity index (χ1v) is 10.0.